The van der Waals surface area contributed by atoms with Crippen LogP contribution in [-0.4, -0.2) is 75.1 Å². The zero-order valence-corrected chi connectivity index (χ0v) is 27.2. The van der Waals surface area contributed by atoms with Gasteiger partial charge in [-0.05, 0) is 92.8 Å². The van der Waals surface area contributed by atoms with E-state index in [2.05, 4.69) is 67.5 Å². The smallest absolute Gasteiger partial charge is 0.186 e. The largest absolute Gasteiger partial charge is 0.393 e. The van der Waals surface area contributed by atoms with Crippen LogP contribution < -0.4 is 0 Å². The molecule has 3 unspecified atom stereocenters. The van der Waals surface area contributed by atoms with Crippen LogP contribution in [0.25, 0.3) is 0 Å². The van der Waals surface area contributed by atoms with E-state index < -0.39 is 36.1 Å². The van der Waals surface area contributed by atoms with Crippen LogP contribution in [0.1, 0.15) is 100 Å². The Morgan fingerprint density at radius 2 is 1.67 bits per heavy atom. The molecule has 0 amide bonds. The number of rotatable bonds is 6. The molecule has 7 nitrogen and oxygen atoms in total. The number of ether oxygens (including phenoxy) is 2. The molecule has 5 aliphatic rings. The molecule has 42 heavy (non-hydrogen) atoms. The molecular weight excluding hydrogens is 532 g/mol. The zero-order chi connectivity index (χ0) is 31.0. The second-order valence-electron chi connectivity index (χ2n) is 16.3. The lowest BCUT2D eigenvalue weighted by atomic mass is 9.38. The van der Waals surface area contributed by atoms with Crippen molar-refractivity contribution in [3.05, 3.63) is 23.3 Å². The van der Waals surface area contributed by atoms with Crippen LogP contribution in [0, 0.1) is 45.3 Å². The van der Waals surface area contributed by atoms with Gasteiger partial charge in [-0.15, -0.1) is 0 Å². The molecule has 4 aliphatic carbocycles. The lowest BCUT2D eigenvalue weighted by Crippen LogP contribution is -2.63. The van der Waals surface area contributed by atoms with E-state index in [0.29, 0.717) is 5.92 Å². The first kappa shape index (κ1) is 32.6. The highest BCUT2D eigenvalue weighted by molar-refractivity contribution is 5.33. The van der Waals surface area contributed by atoms with Crippen molar-refractivity contribution in [2.45, 2.75) is 143 Å². The topological polar surface area (TPSA) is 120 Å². The molecule has 3 saturated carbocycles. The molecule has 1 saturated heterocycles. The summed E-state index contributed by atoms with van der Waals surface area (Å²) in [6.07, 6.45) is 4.98. The van der Waals surface area contributed by atoms with E-state index in [9.17, 15) is 25.5 Å². The van der Waals surface area contributed by atoms with E-state index in [-0.39, 0.29) is 52.8 Å². The van der Waals surface area contributed by atoms with Crippen LogP contribution in [0.3, 0.4) is 0 Å². The molecule has 240 valence electrons. The summed E-state index contributed by atoms with van der Waals surface area (Å²) in [7, 11) is 0. The molecule has 5 rings (SSSR count). The number of hydrogen-bond acceptors (Lipinski definition) is 7. The summed E-state index contributed by atoms with van der Waals surface area (Å²) in [6, 6.07) is 0. The molecule has 0 radical (unpaired) electrons. The van der Waals surface area contributed by atoms with E-state index in [1.807, 2.05) is 0 Å². The van der Waals surface area contributed by atoms with Gasteiger partial charge < -0.3 is 35.0 Å². The van der Waals surface area contributed by atoms with Crippen molar-refractivity contribution in [2.75, 3.05) is 6.61 Å². The number of aliphatic hydroxyl groups excluding tert-OH is 5. The van der Waals surface area contributed by atoms with Crippen molar-refractivity contribution >= 4 is 0 Å². The Balaban J connectivity index is 1.42. The van der Waals surface area contributed by atoms with Gasteiger partial charge in [-0.1, -0.05) is 64.8 Å². The molecule has 1 heterocycles. The van der Waals surface area contributed by atoms with Crippen molar-refractivity contribution in [1.82, 2.24) is 0 Å². The fourth-order valence-electron chi connectivity index (χ4n) is 11.0. The summed E-state index contributed by atoms with van der Waals surface area (Å²) in [6.45, 7) is 18.0. The second-order valence-corrected chi connectivity index (χ2v) is 16.3. The third-order valence-electron chi connectivity index (χ3n) is 13.3. The predicted octanol–water partition coefficient (Wildman–Crippen LogP) is 4.74. The molecule has 5 N–H and O–H groups in total. The maximum atomic E-state index is 12.1. The Morgan fingerprint density at radius 1 is 0.976 bits per heavy atom. The van der Waals surface area contributed by atoms with Crippen LogP contribution in [0.2, 0.25) is 0 Å². The minimum atomic E-state index is -1.32. The summed E-state index contributed by atoms with van der Waals surface area (Å²) in [5.41, 5.74) is 1.79. The molecule has 4 fully saturated rings. The zero-order valence-electron chi connectivity index (χ0n) is 27.2. The van der Waals surface area contributed by atoms with Gasteiger partial charge in [-0.25, -0.2) is 0 Å². The van der Waals surface area contributed by atoms with Crippen molar-refractivity contribution in [2.24, 2.45) is 45.3 Å². The molecule has 0 bridgehead atoms. The first-order chi connectivity index (χ1) is 19.5. The lowest BCUT2D eigenvalue weighted by Gasteiger charge is -2.67. The Morgan fingerprint density at radius 3 is 2.33 bits per heavy atom. The van der Waals surface area contributed by atoms with Gasteiger partial charge in [0, 0.05) is 11.3 Å². The highest BCUT2D eigenvalue weighted by Gasteiger charge is 2.71. The van der Waals surface area contributed by atoms with Gasteiger partial charge in [0.2, 0.25) is 0 Å². The molecule has 0 spiro atoms. The second kappa shape index (κ2) is 11.2. The number of aliphatic hydroxyl groups is 5. The normalized spacial score (nSPS) is 50.6. The Kier molecular flexibility index (Phi) is 8.71. The molecule has 14 atom stereocenters. The van der Waals surface area contributed by atoms with E-state index in [1.165, 1.54) is 11.1 Å². The average molecular weight is 591 g/mol. The molecule has 7 heteroatoms. The lowest BCUT2D eigenvalue weighted by molar-refractivity contribution is -0.294. The van der Waals surface area contributed by atoms with Crippen molar-refractivity contribution < 1.29 is 35.0 Å². The van der Waals surface area contributed by atoms with Gasteiger partial charge in [0.05, 0.1) is 24.9 Å². The fraction of sp³-hybridized carbons (Fsp3) is 0.886. The Labute approximate surface area is 253 Å². The van der Waals surface area contributed by atoms with Crippen molar-refractivity contribution in [3.63, 3.8) is 0 Å². The molecule has 0 aromatic heterocycles. The SMILES string of the molecule is CC(C)=CCC[C@@H](C)[C@H]1[C@H](O)C[C@@]2(C)C3C(O)C=C4[C@H](CCC(O[C@@H]5OC[C@@H](O)[C@H](O)[C@H]5O)C4(C)C)[C@@]3(C)CC[C@]12C. The fourth-order valence-corrected chi connectivity index (χ4v) is 11.0. The van der Waals surface area contributed by atoms with Gasteiger partial charge in [-0.3, -0.25) is 0 Å². The standard InChI is InChI=1S/C35H58O7/c1-19(2)10-9-11-20(3)27-24(37)17-35(8)30-23(36)16-22-21(33(30,6)14-15-34(27,35)7)12-13-26(32(22,4)5)42-31-29(40)28(39)25(38)18-41-31/h10,16,20-21,23-31,36-40H,9,11-15,17-18H2,1-8H3/t20-,21+,23?,24-,25-,26?,27+,28+,29-,30?,31+,33-,34-,35+/m1/s1. The first-order valence-electron chi connectivity index (χ1n) is 16.5. The Bertz CT molecular complexity index is 1070. The van der Waals surface area contributed by atoms with E-state index in [0.717, 1.165) is 44.9 Å². The van der Waals surface area contributed by atoms with E-state index >= 15 is 0 Å². The molecule has 0 aromatic rings. The number of fused-ring (bicyclic) bond motifs is 5. The highest BCUT2D eigenvalue weighted by Crippen LogP contribution is 2.75. The highest BCUT2D eigenvalue weighted by atomic mass is 16.7. The summed E-state index contributed by atoms with van der Waals surface area (Å²) < 4.78 is 11.9. The number of allylic oxidation sites excluding steroid dienone is 2. The summed E-state index contributed by atoms with van der Waals surface area (Å²) in [5.74, 6) is 0.960. The number of hydrogen-bond donors (Lipinski definition) is 5. The van der Waals surface area contributed by atoms with E-state index in [1.54, 1.807) is 0 Å². The minimum Gasteiger partial charge on any atom is -0.393 e. The minimum absolute atomic E-state index is 0.0514. The van der Waals surface area contributed by atoms with Crippen molar-refractivity contribution in [3.8, 4) is 0 Å². The summed E-state index contributed by atoms with van der Waals surface area (Å²) in [5, 5.41) is 54.3. The Hall–Kier alpha value is -0.800. The third kappa shape index (κ3) is 4.89. The van der Waals surface area contributed by atoms with Crippen LogP contribution in [0.15, 0.2) is 23.3 Å². The maximum absolute atomic E-state index is 12.1. The summed E-state index contributed by atoms with van der Waals surface area (Å²) in [4.78, 5) is 0. The third-order valence-corrected chi connectivity index (χ3v) is 13.3. The van der Waals surface area contributed by atoms with Gasteiger partial charge in [-0.2, -0.15) is 0 Å². The van der Waals surface area contributed by atoms with Crippen molar-refractivity contribution in [1.29, 1.82) is 0 Å². The monoisotopic (exact) mass is 590 g/mol. The van der Waals surface area contributed by atoms with Crippen LogP contribution in [-0.2, 0) is 9.47 Å². The van der Waals surface area contributed by atoms with Crippen LogP contribution in [0.5, 0.6) is 0 Å². The molecule has 1 aliphatic heterocycles. The van der Waals surface area contributed by atoms with Crippen LogP contribution in [0.4, 0.5) is 0 Å². The molecule has 0 aromatic carbocycles. The van der Waals surface area contributed by atoms with Gasteiger partial charge in [0.15, 0.2) is 6.29 Å². The molecular formula is C35H58O7. The van der Waals surface area contributed by atoms with E-state index in [4.69, 9.17) is 9.47 Å². The van der Waals surface area contributed by atoms with Gasteiger partial charge in [0.25, 0.3) is 0 Å². The predicted molar refractivity (Wildman–Crippen MR) is 162 cm³/mol. The quantitative estimate of drug-likeness (QED) is 0.284. The average Bonchev–Trinajstić information content (AvgIpc) is 3.10. The first-order valence-corrected chi connectivity index (χ1v) is 16.5. The van der Waals surface area contributed by atoms with Gasteiger partial charge >= 0.3 is 0 Å². The maximum Gasteiger partial charge on any atom is 0.186 e. The van der Waals surface area contributed by atoms with Crippen LogP contribution >= 0.6 is 0 Å². The summed E-state index contributed by atoms with van der Waals surface area (Å²) >= 11 is 0. The van der Waals surface area contributed by atoms with Gasteiger partial charge in [0.1, 0.15) is 18.3 Å².